The number of hydrogen-bond acceptors (Lipinski definition) is 2. The van der Waals surface area contributed by atoms with E-state index in [0.29, 0.717) is 6.04 Å². The van der Waals surface area contributed by atoms with Gasteiger partial charge in [0.25, 0.3) is 0 Å². The van der Waals surface area contributed by atoms with Crippen molar-refractivity contribution in [2.24, 2.45) is 0 Å². The molecule has 70 valence electrons. The highest BCUT2D eigenvalue weighted by molar-refractivity contribution is 4.92. The largest absolute Gasteiger partial charge is 0.359 e. The van der Waals surface area contributed by atoms with Crippen LogP contribution in [-0.4, -0.2) is 18.4 Å². The van der Waals surface area contributed by atoms with E-state index in [1.54, 1.807) is 0 Å². The average Bonchev–Trinajstić information content (AvgIpc) is 2.65. The Kier molecular flexibility index (Phi) is 2.37. The van der Waals surface area contributed by atoms with Gasteiger partial charge >= 0.3 is 0 Å². The summed E-state index contributed by atoms with van der Waals surface area (Å²) in [5.74, 6) is 0. The molecule has 1 saturated carbocycles. The smallest absolute Gasteiger partial charge is 0.119 e. The predicted molar refractivity (Wildman–Crippen MR) is 49.0 cm³/mol. The Hall–Kier alpha value is -0.0800. The molecule has 12 heavy (non-hydrogen) atoms. The van der Waals surface area contributed by atoms with E-state index < -0.39 is 0 Å². The van der Waals surface area contributed by atoms with E-state index in [4.69, 9.17) is 4.74 Å². The summed E-state index contributed by atoms with van der Waals surface area (Å²) in [6.07, 6.45) is 7.66. The molecule has 2 heteroatoms. The second-order valence-electron chi connectivity index (χ2n) is 4.14. The van der Waals surface area contributed by atoms with Crippen LogP contribution in [-0.2, 0) is 4.74 Å². The van der Waals surface area contributed by atoms with E-state index in [0.717, 1.165) is 6.61 Å². The Morgan fingerprint density at radius 3 is 2.83 bits per heavy atom. The Morgan fingerprint density at radius 2 is 2.17 bits per heavy atom. The van der Waals surface area contributed by atoms with Crippen molar-refractivity contribution >= 4 is 0 Å². The van der Waals surface area contributed by atoms with Gasteiger partial charge in [-0.2, -0.15) is 0 Å². The minimum atomic E-state index is 0.111. The van der Waals surface area contributed by atoms with Gasteiger partial charge in [0.2, 0.25) is 0 Å². The Morgan fingerprint density at radius 1 is 1.42 bits per heavy atom. The Balaban J connectivity index is 1.88. The molecule has 0 bridgehead atoms. The van der Waals surface area contributed by atoms with E-state index in [2.05, 4.69) is 12.2 Å². The van der Waals surface area contributed by atoms with Gasteiger partial charge in [-0.3, -0.25) is 5.32 Å². The summed E-state index contributed by atoms with van der Waals surface area (Å²) in [5, 5.41) is 3.64. The maximum absolute atomic E-state index is 5.86. The monoisotopic (exact) mass is 169 g/mol. The third kappa shape index (κ3) is 1.50. The van der Waals surface area contributed by atoms with Gasteiger partial charge in [-0.25, -0.2) is 0 Å². The molecule has 0 unspecified atom stereocenters. The lowest BCUT2D eigenvalue weighted by Gasteiger charge is -2.23. The fourth-order valence-electron chi connectivity index (χ4n) is 2.45. The normalized spacial score (nSPS) is 33.2. The van der Waals surface area contributed by atoms with Gasteiger partial charge in [0, 0.05) is 6.04 Å². The van der Waals surface area contributed by atoms with Crippen LogP contribution in [0.4, 0.5) is 0 Å². The van der Waals surface area contributed by atoms with E-state index >= 15 is 0 Å². The highest BCUT2D eigenvalue weighted by Crippen LogP contribution is 2.34. The molecule has 1 aliphatic carbocycles. The van der Waals surface area contributed by atoms with E-state index in [-0.39, 0.29) is 5.72 Å². The zero-order chi connectivity index (χ0) is 8.44. The first-order chi connectivity index (χ1) is 5.85. The van der Waals surface area contributed by atoms with Crippen molar-refractivity contribution < 1.29 is 4.74 Å². The second kappa shape index (κ2) is 3.35. The third-order valence-electron chi connectivity index (χ3n) is 3.08. The van der Waals surface area contributed by atoms with Crippen LogP contribution in [0.1, 0.15) is 45.4 Å². The second-order valence-corrected chi connectivity index (χ2v) is 4.14. The molecule has 1 atom stereocenters. The van der Waals surface area contributed by atoms with Crippen molar-refractivity contribution in [2.45, 2.75) is 57.2 Å². The summed E-state index contributed by atoms with van der Waals surface area (Å²) < 4.78 is 5.86. The summed E-state index contributed by atoms with van der Waals surface area (Å²) in [6, 6.07) is 0.632. The van der Waals surface area contributed by atoms with Gasteiger partial charge < -0.3 is 4.74 Å². The molecule has 1 spiro atoms. The first kappa shape index (κ1) is 8.52. The lowest BCUT2D eigenvalue weighted by molar-refractivity contribution is -0.00359. The van der Waals surface area contributed by atoms with Gasteiger partial charge in [-0.15, -0.1) is 0 Å². The van der Waals surface area contributed by atoms with Crippen molar-refractivity contribution in [3.8, 4) is 0 Å². The zero-order valence-electron chi connectivity index (χ0n) is 7.94. The van der Waals surface area contributed by atoms with Crippen molar-refractivity contribution in [3.63, 3.8) is 0 Å². The van der Waals surface area contributed by atoms with Gasteiger partial charge in [0.1, 0.15) is 5.72 Å². The van der Waals surface area contributed by atoms with Crippen LogP contribution >= 0.6 is 0 Å². The van der Waals surface area contributed by atoms with Crippen molar-refractivity contribution in [3.05, 3.63) is 0 Å². The van der Waals surface area contributed by atoms with Gasteiger partial charge in [-0.05, 0) is 32.1 Å². The minimum Gasteiger partial charge on any atom is -0.359 e. The molecule has 1 N–H and O–H groups in total. The molecule has 1 aliphatic heterocycles. The molecule has 1 saturated heterocycles. The molecule has 0 aromatic heterocycles. The van der Waals surface area contributed by atoms with Crippen LogP contribution in [0.3, 0.4) is 0 Å². The number of ether oxygens (including phenoxy) is 1. The Labute approximate surface area is 74.7 Å². The SMILES string of the molecule is CCC[C@H]1COC2(CCCC2)N1. The topological polar surface area (TPSA) is 21.3 Å². The van der Waals surface area contributed by atoms with E-state index in [1.165, 1.54) is 38.5 Å². The fraction of sp³-hybridized carbons (Fsp3) is 1.00. The number of hydrogen-bond donors (Lipinski definition) is 1. The maximum atomic E-state index is 5.86. The van der Waals surface area contributed by atoms with E-state index in [9.17, 15) is 0 Å². The zero-order valence-corrected chi connectivity index (χ0v) is 7.94. The molecule has 0 aromatic carbocycles. The molecular formula is C10H19NO. The summed E-state index contributed by atoms with van der Waals surface area (Å²) in [7, 11) is 0. The van der Waals surface area contributed by atoms with Crippen molar-refractivity contribution in [2.75, 3.05) is 6.61 Å². The molecule has 1 heterocycles. The molecule has 2 nitrogen and oxygen atoms in total. The van der Waals surface area contributed by atoms with Crippen LogP contribution < -0.4 is 5.32 Å². The van der Waals surface area contributed by atoms with Gasteiger partial charge in [0.15, 0.2) is 0 Å². The summed E-state index contributed by atoms with van der Waals surface area (Å²) in [5.41, 5.74) is 0.111. The van der Waals surface area contributed by atoms with Crippen LogP contribution in [0, 0.1) is 0 Å². The lowest BCUT2D eigenvalue weighted by Crippen LogP contribution is -2.41. The number of nitrogens with one attached hydrogen (secondary N) is 1. The van der Waals surface area contributed by atoms with Crippen LogP contribution in [0.25, 0.3) is 0 Å². The van der Waals surface area contributed by atoms with Crippen LogP contribution in [0.15, 0.2) is 0 Å². The third-order valence-corrected chi connectivity index (χ3v) is 3.08. The number of rotatable bonds is 2. The first-order valence-electron chi connectivity index (χ1n) is 5.26. The quantitative estimate of drug-likeness (QED) is 0.683. The molecule has 0 aromatic rings. The highest BCUT2D eigenvalue weighted by atomic mass is 16.5. The fourth-order valence-corrected chi connectivity index (χ4v) is 2.45. The molecule has 0 radical (unpaired) electrons. The van der Waals surface area contributed by atoms with Crippen molar-refractivity contribution in [1.29, 1.82) is 0 Å². The molecular weight excluding hydrogens is 150 g/mol. The molecule has 2 aliphatic rings. The molecule has 0 amide bonds. The highest BCUT2D eigenvalue weighted by Gasteiger charge is 2.41. The Bertz CT molecular complexity index is 152. The summed E-state index contributed by atoms with van der Waals surface area (Å²) >= 11 is 0. The molecule has 2 fully saturated rings. The standard InChI is InChI=1S/C10H19NO/c1-2-5-9-8-12-10(11-9)6-3-4-7-10/h9,11H,2-8H2,1H3/t9-/m0/s1. The van der Waals surface area contributed by atoms with Gasteiger partial charge in [0.05, 0.1) is 6.61 Å². The van der Waals surface area contributed by atoms with Crippen LogP contribution in [0.2, 0.25) is 0 Å². The van der Waals surface area contributed by atoms with Gasteiger partial charge in [-0.1, -0.05) is 13.3 Å². The lowest BCUT2D eigenvalue weighted by atomic mass is 10.1. The maximum Gasteiger partial charge on any atom is 0.119 e. The van der Waals surface area contributed by atoms with Crippen molar-refractivity contribution in [1.82, 2.24) is 5.32 Å². The minimum absolute atomic E-state index is 0.111. The summed E-state index contributed by atoms with van der Waals surface area (Å²) in [6.45, 7) is 3.18. The molecule has 2 rings (SSSR count). The summed E-state index contributed by atoms with van der Waals surface area (Å²) in [4.78, 5) is 0. The first-order valence-corrected chi connectivity index (χ1v) is 5.26. The van der Waals surface area contributed by atoms with E-state index in [1.807, 2.05) is 0 Å². The average molecular weight is 169 g/mol. The van der Waals surface area contributed by atoms with Crippen LogP contribution in [0.5, 0.6) is 0 Å². The predicted octanol–water partition coefficient (Wildman–Crippen LogP) is 2.05.